The van der Waals surface area contributed by atoms with Crippen molar-refractivity contribution in [1.82, 2.24) is 0 Å². The van der Waals surface area contributed by atoms with Crippen LogP contribution in [-0.4, -0.2) is 113 Å². The molecular weight excluding hydrogens is 714 g/mol. The molecular formula is C38H59BCl2O11. The molecule has 0 aromatic heterocycles. The molecule has 4 saturated heterocycles. The molecule has 8 fully saturated rings. The first kappa shape index (κ1) is 43.5. The largest absolute Gasteiger partial charge is 0.457 e. The second-order valence-corrected chi connectivity index (χ2v) is 16.8. The molecule has 4 aliphatic heterocycles. The van der Waals surface area contributed by atoms with Crippen LogP contribution in [-0.2, 0) is 38.1 Å². The lowest BCUT2D eigenvalue weighted by Crippen LogP contribution is -2.71. The Labute approximate surface area is 319 Å². The third kappa shape index (κ3) is 6.80. The average Bonchev–Trinajstić information content (AvgIpc) is 3.64. The van der Waals surface area contributed by atoms with Gasteiger partial charge in [0.25, 0.3) is 0 Å². The molecule has 4 aliphatic carbocycles. The number of hydrogen-bond acceptors (Lipinski definition) is 11. The van der Waals surface area contributed by atoms with Crippen LogP contribution in [0.15, 0.2) is 0 Å². The number of ether oxygens (including phenoxy) is 4. The predicted molar refractivity (Wildman–Crippen MR) is 195 cm³/mol. The zero-order valence-corrected chi connectivity index (χ0v) is 30.5. The van der Waals surface area contributed by atoms with E-state index in [9.17, 15) is 34.5 Å². The van der Waals surface area contributed by atoms with E-state index in [1.54, 1.807) is 13.8 Å². The minimum atomic E-state index is -1.15. The van der Waals surface area contributed by atoms with Gasteiger partial charge in [0.15, 0.2) is 0 Å². The van der Waals surface area contributed by atoms with Crippen LogP contribution in [0.2, 0.25) is 0 Å². The monoisotopic (exact) mass is 772 g/mol. The molecule has 14 atom stereocenters. The Hall–Kier alpha value is -1.28. The number of hydrogen-bond donors (Lipinski definition) is 3. The Morgan fingerprint density at radius 1 is 0.788 bits per heavy atom. The van der Waals surface area contributed by atoms with Gasteiger partial charge in [0.1, 0.15) is 41.4 Å². The Bertz CT molecular complexity index is 1330. The lowest BCUT2D eigenvalue weighted by Gasteiger charge is -2.56. The fourth-order valence-corrected chi connectivity index (χ4v) is 11.0. The van der Waals surface area contributed by atoms with E-state index in [4.69, 9.17) is 50.0 Å². The molecule has 2 radical (unpaired) electrons. The highest BCUT2D eigenvalue weighted by Gasteiger charge is 2.80. The first-order valence-electron chi connectivity index (χ1n) is 18.4. The van der Waals surface area contributed by atoms with E-state index in [2.05, 4.69) is 0 Å². The van der Waals surface area contributed by atoms with Gasteiger partial charge >= 0.3 is 11.9 Å². The molecule has 294 valence electrons. The maximum absolute atomic E-state index is 12.4. The number of carbonyl (C=O) groups is 4. The van der Waals surface area contributed by atoms with Gasteiger partial charge in [0, 0.05) is 43.1 Å². The number of fused-ring (bicyclic) bond motifs is 3. The number of ketones is 2. The standard InChI is InChI=1S/C16H21ClO5.C16H23ClO5.C4H7BO.2CH4/c1-15-9(5-6-17)10(18)7-16(15,14(20)22-15)13(19)8-3-2-4-11-12(8)21-11;1-15-11(5-6-17)12(19)8-16(15,14(21)22-15)13(20)9-3-2-4-10(18)7-9;5-4-2-1-3-6-4;;/h8-9,11-13,19H,2-7H2,1H3;9-11,13,18,20H,2-8H2,1H3;4H,1-3H2;2*1H4/t8-,9-,11?,12?,13-,15-,16+;9-,10?,11-,13-,15-,16+;;;/m00.../s1. The number of esters is 2. The number of alkyl halides is 2. The summed E-state index contributed by atoms with van der Waals surface area (Å²) in [5, 5.41) is 31.8. The molecule has 8 rings (SSSR count). The third-order valence-electron chi connectivity index (χ3n) is 13.5. The molecule has 11 nitrogen and oxygen atoms in total. The molecule has 4 saturated carbocycles. The van der Waals surface area contributed by atoms with Gasteiger partial charge in [-0.15, -0.1) is 23.2 Å². The van der Waals surface area contributed by atoms with Gasteiger partial charge in [-0.3, -0.25) is 19.2 Å². The quantitative estimate of drug-likeness (QED) is 0.138. The van der Waals surface area contributed by atoms with Crippen LogP contribution in [0, 0.1) is 34.5 Å². The summed E-state index contributed by atoms with van der Waals surface area (Å²) in [4.78, 5) is 49.4. The summed E-state index contributed by atoms with van der Waals surface area (Å²) in [5.74, 6) is -1.41. The summed E-state index contributed by atoms with van der Waals surface area (Å²) in [6.45, 7) is 4.40. The van der Waals surface area contributed by atoms with Crippen LogP contribution in [0.1, 0.15) is 112 Å². The van der Waals surface area contributed by atoms with Crippen LogP contribution in [0.25, 0.3) is 0 Å². The number of halogens is 2. The van der Waals surface area contributed by atoms with Crippen LogP contribution in [0.5, 0.6) is 0 Å². The van der Waals surface area contributed by atoms with Gasteiger partial charge in [-0.2, -0.15) is 0 Å². The number of carbonyl (C=O) groups excluding carboxylic acids is 4. The maximum Gasteiger partial charge on any atom is 0.319 e. The number of epoxide rings is 1. The fraction of sp³-hybridized carbons (Fsp3) is 0.895. The second-order valence-electron chi connectivity index (χ2n) is 16.0. The van der Waals surface area contributed by atoms with Crippen molar-refractivity contribution in [2.75, 3.05) is 18.4 Å². The Morgan fingerprint density at radius 3 is 1.77 bits per heavy atom. The van der Waals surface area contributed by atoms with E-state index >= 15 is 0 Å². The highest BCUT2D eigenvalue weighted by molar-refractivity contribution is 6.18. The van der Waals surface area contributed by atoms with E-state index in [1.165, 1.54) is 0 Å². The van der Waals surface area contributed by atoms with Crippen molar-refractivity contribution in [1.29, 1.82) is 0 Å². The summed E-state index contributed by atoms with van der Waals surface area (Å²) >= 11 is 11.6. The predicted octanol–water partition coefficient (Wildman–Crippen LogP) is 4.42. The van der Waals surface area contributed by atoms with Gasteiger partial charge < -0.3 is 34.3 Å². The smallest absolute Gasteiger partial charge is 0.319 e. The average molecular weight is 774 g/mol. The number of aliphatic hydroxyl groups excluding tert-OH is 3. The van der Waals surface area contributed by atoms with Gasteiger partial charge in [-0.25, -0.2) is 0 Å². The van der Waals surface area contributed by atoms with Crippen molar-refractivity contribution in [2.24, 2.45) is 34.5 Å². The zero-order chi connectivity index (χ0) is 36.2. The highest BCUT2D eigenvalue weighted by atomic mass is 35.5. The molecule has 14 heteroatoms. The fourth-order valence-electron chi connectivity index (χ4n) is 10.5. The van der Waals surface area contributed by atoms with Gasteiger partial charge in [-0.05, 0) is 77.6 Å². The van der Waals surface area contributed by atoms with Gasteiger partial charge in [-0.1, -0.05) is 27.7 Å². The van der Waals surface area contributed by atoms with Crippen LogP contribution in [0.4, 0.5) is 0 Å². The third-order valence-corrected chi connectivity index (χ3v) is 13.9. The first-order valence-corrected chi connectivity index (χ1v) is 19.5. The van der Waals surface area contributed by atoms with E-state index in [1.807, 2.05) is 0 Å². The Balaban J connectivity index is 0.000000194. The summed E-state index contributed by atoms with van der Waals surface area (Å²) in [5.41, 5.74) is -4.13. The minimum absolute atomic E-state index is 0. The topological polar surface area (TPSA) is 169 Å². The summed E-state index contributed by atoms with van der Waals surface area (Å²) < 4.78 is 21.4. The SMILES string of the molecule is C.C.C[C@@]12OC(=O)[C@]1([C@@H](O)[C@H]1CCCC(O)C1)CC(=O)[C@@H]2CCCl.C[C@@]12OC(=O)[C@]1([C@@H](O)[C@H]1CCCC3OC31)CC(=O)[C@@H]2CCCl.[B]C1CCCO1. The lowest BCUT2D eigenvalue weighted by molar-refractivity contribution is -0.266. The van der Waals surface area contributed by atoms with E-state index in [0.29, 0.717) is 31.0 Å². The van der Waals surface area contributed by atoms with Crippen molar-refractivity contribution in [2.45, 2.75) is 160 Å². The van der Waals surface area contributed by atoms with Gasteiger partial charge in [0.2, 0.25) is 0 Å². The van der Waals surface area contributed by atoms with Crippen molar-refractivity contribution >= 4 is 54.6 Å². The summed E-state index contributed by atoms with van der Waals surface area (Å²) in [6.07, 6.45) is 6.84. The molecule has 0 spiro atoms. The van der Waals surface area contributed by atoms with Crippen molar-refractivity contribution in [3.63, 3.8) is 0 Å². The number of aliphatic hydroxyl groups is 3. The number of rotatable bonds is 8. The molecule has 3 N–H and O–H groups in total. The maximum atomic E-state index is 12.4. The van der Waals surface area contributed by atoms with Crippen LogP contribution in [0.3, 0.4) is 0 Å². The second kappa shape index (κ2) is 16.4. The molecule has 0 aromatic rings. The first-order chi connectivity index (χ1) is 23.7. The van der Waals surface area contributed by atoms with Crippen molar-refractivity contribution < 1.29 is 53.4 Å². The van der Waals surface area contributed by atoms with Crippen LogP contribution >= 0.6 is 23.2 Å². The molecule has 0 aromatic carbocycles. The minimum Gasteiger partial charge on any atom is -0.457 e. The van der Waals surface area contributed by atoms with Crippen molar-refractivity contribution in [3.05, 3.63) is 0 Å². The van der Waals surface area contributed by atoms with Crippen LogP contribution < -0.4 is 0 Å². The Morgan fingerprint density at radius 2 is 1.33 bits per heavy atom. The summed E-state index contributed by atoms with van der Waals surface area (Å²) in [6, 6.07) is 0.0463. The lowest BCUT2D eigenvalue weighted by atomic mass is 9.59. The Kier molecular flexibility index (Phi) is 13.7. The number of Topliss-reactive ketones (excluding diaryl/α,β-unsaturated/α-hetero) is 2. The zero-order valence-electron chi connectivity index (χ0n) is 29.0. The van der Waals surface area contributed by atoms with Crippen molar-refractivity contribution in [3.8, 4) is 0 Å². The molecule has 4 heterocycles. The highest BCUT2D eigenvalue weighted by Crippen LogP contribution is 2.65. The van der Waals surface area contributed by atoms with Gasteiger partial charge in [0.05, 0.1) is 42.4 Å². The molecule has 0 amide bonds. The normalized spacial score (nSPS) is 44.8. The molecule has 8 aliphatic rings. The molecule has 52 heavy (non-hydrogen) atoms. The molecule has 4 unspecified atom stereocenters. The summed E-state index contributed by atoms with van der Waals surface area (Å²) in [7, 11) is 5.31. The van der Waals surface area contributed by atoms with E-state index in [-0.39, 0.29) is 69.3 Å². The van der Waals surface area contributed by atoms with E-state index in [0.717, 1.165) is 58.0 Å². The molecule has 0 bridgehead atoms. The van der Waals surface area contributed by atoms with E-state index < -0.39 is 64.1 Å².